The summed E-state index contributed by atoms with van der Waals surface area (Å²) in [7, 11) is 0. The van der Waals surface area contributed by atoms with E-state index in [1.807, 2.05) is 42.5 Å². The van der Waals surface area contributed by atoms with Gasteiger partial charge in [0.15, 0.2) is 0 Å². The van der Waals surface area contributed by atoms with E-state index in [-0.39, 0.29) is 29.4 Å². The Morgan fingerprint density at radius 3 is 2.75 bits per heavy atom. The molecule has 5 rings (SSSR count). The highest BCUT2D eigenvalue weighted by Crippen LogP contribution is 2.39. The number of fused-ring (bicyclic) bond motifs is 2. The average Bonchev–Trinajstić information content (AvgIpc) is 3.26. The SMILES string of the molecule is C[C@]12C[C@@H](Cc3ccccc3)N(C(=O)CCc3nc4ccccc4[nH]3)[C@H]1CCCC(=O)N2. The first-order chi connectivity index (χ1) is 15.5. The molecule has 3 aromatic rings. The summed E-state index contributed by atoms with van der Waals surface area (Å²) in [5.41, 5.74) is 2.77. The number of carbonyl (C=O) groups excluding carboxylic acids is 2. The summed E-state index contributed by atoms with van der Waals surface area (Å²) in [6, 6.07) is 18.4. The Hall–Kier alpha value is -3.15. The van der Waals surface area contributed by atoms with Crippen molar-refractivity contribution in [1.29, 1.82) is 0 Å². The van der Waals surface area contributed by atoms with Crippen molar-refractivity contribution < 1.29 is 9.59 Å². The maximum atomic E-state index is 13.6. The minimum atomic E-state index is -0.373. The molecule has 0 saturated carbocycles. The van der Waals surface area contributed by atoms with Crippen molar-refractivity contribution in [3.63, 3.8) is 0 Å². The number of amides is 2. The summed E-state index contributed by atoms with van der Waals surface area (Å²) in [6.45, 7) is 2.12. The van der Waals surface area contributed by atoms with Gasteiger partial charge in [-0.25, -0.2) is 4.98 Å². The van der Waals surface area contributed by atoms with Crippen LogP contribution in [0.5, 0.6) is 0 Å². The number of imidazole rings is 1. The fraction of sp³-hybridized carbons (Fsp3) is 0.423. The number of hydrogen-bond acceptors (Lipinski definition) is 3. The number of rotatable bonds is 5. The molecule has 2 aliphatic heterocycles. The second kappa shape index (κ2) is 8.41. The van der Waals surface area contributed by atoms with Crippen molar-refractivity contribution in [2.24, 2.45) is 0 Å². The second-order valence-electron chi connectivity index (χ2n) is 9.42. The monoisotopic (exact) mass is 430 g/mol. The maximum Gasteiger partial charge on any atom is 0.223 e. The molecule has 6 nitrogen and oxygen atoms in total. The van der Waals surface area contributed by atoms with Gasteiger partial charge in [0.05, 0.1) is 22.6 Å². The van der Waals surface area contributed by atoms with Crippen molar-refractivity contribution >= 4 is 22.8 Å². The number of aryl methyl sites for hydroxylation is 1. The summed E-state index contributed by atoms with van der Waals surface area (Å²) in [5.74, 6) is 1.09. The number of likely N-dealkylation sites (tertiary alicyclic amines) is 1. The largest absolute Gasteiger partial charge is 0.349 e. The summed E-state index contributed by atoms with van der Waals surface area (Å²) in [5, 5.41) is 3.26. The molecule has 2 aliphatic rings. The van der Waals surface area contributed by atoms with Crippen molar-refractivity contribution in [2.45, 2.75) is 69.5 Å². The van der Waals surface area contributed by atoms with Crippen LogP contribution < -0.4 is 5.32 Å². The molecule has 2 aromatic carbocycles. The Labute approximate surface area is 188 Å². The molecule has 2 amide bonds. The van der Waals surface area contributed by atoms with Crippen molar-refractivity contribution in [3.05, 3.63) is 66.0 Å². The first-order valence-corrected chi connectivity index (χ1v) is 11.6. The third-order valence-corrected chi connectivity index (χ3v) is 7.05. The van der Waals surface area contributed by atoms with E-state index in [1.54, 1.807) is 0 Å². The molecule has 2 N–H and O–H groups in total. The maximum absolute atomic E-state index is 13.6. The lowest BCUT2D eigenvalue weighted by Crippen LogP contribution is -2.54. The standard InChI is InChI=1S/C26H30N4O2/c1-26-17-19(16-18-8-3-2-4-9-18)30(22(26)12-7-13-24(31)29-26)25(32)15-14-23-27-20-10-5-6-11-21(20)28-23/h2-6,8-11,19,22H,7,12-17H2,1H3,(H,27,28)(H,29,31)/t19-,22+,26+/m1/s1. The number of H-pyrrole nitrogens is 1. The number of nitrogens with zero attached hydrogens (tertiary/aromatic N) is 2. The van der Waals surface area contributed by atoms with Gasteiger partial charge in [-0.1, -0.05) is 42.5 Å². The van der Waals surface area contributed by atoms with Crippen LogP contribution in [0.3, 0.4) is 0 Å². The molecule has 0 bridgehead atoms. The third kappa shape index (κ3) is 4.01. The summed E-state index contributed by atoms with van der Waals surface area (Å²) >= 11 is 0. The van der Waals surface area contributed by atoms with Gasteiger partial charge in [-0.2, -0.15) is 0 Å². The first kappa shape index (κ1) is 20.7. The lowest BCUT2D eigenvalue weighted by Gasteiger charge is -2.35. The molecule has 0 radical (unpaired) electrons. The van der Waals surface area contributed by atoms with E-state index in [0.29, 0.717) is 19.3 Å². The van der Waals surface area contributed by atoms with E-state index in [2.05, 4.69) is 39.2 Å². The van der Waals surface area contributed by atoms with Crippen LogP contribution in [0.2, 0.25) is 0 Å². The van der Waals surface area contributed by atoms with Crippen LogP contribution in [0.25, 0.3) is 11.0 Å². The zero-order chi connectivity index (χ0) is 22.1. The molecule has 0 unspecified atom stereocenters. The predicted octanol–water partition coefficient (Wildman–Crippen LogP) is 3.77. The highest BCUT2D eigenvalue weighted by atomic mass is 16.2. The van der Waals surface area contributed by atoms with E-state index in [0.717, 1.165) is 42.5 Å². The highest BCUT2D eigenvalue weighted by molar-refractivity contribution is 5.80. The van der Waals surface area contributed by atoms with Gasteiger partial charge in [-0.05, 0) is 50.3 Å². The Balaban J connectivity index is 1.37. The smallest absolute Gasteiger partial charge is 0.223 e. The molecule has 1 aromatic heterocycles. The molecule has 0 aliphatic carbocycles. The molecule has 3 atom stereocenters. The first-order valence-electron chi connectivity index (χ1n) is 11.6. The third-order valence-electron chi connectivity index (χ3n) is 7.05. The van der Waals surface area contributed by atoms with Crippen LogP contribution in [0.4, 0.5) is 0 Å². The van der Waals surface area contributed by atoms with Crippen LogP contribution >= 0.6 is 0 Å². The van der Waals surface area contributed by atoms with Crippen LogP contribution in [-0.4, -0.2) is 44.3 Å². The minimum absolute atomic E-state index is 0.0332. The topological polar surface area (TPSA) is 78.1 Å². The van der Waals surface area contributed by atoms with Gasteiger partial charge in [0.2, 0.25) is 11.8 Å². The Kier molecular flexibility index (Phi) is 5.45. The molecule has 2 fully saturated rings. The van der Waals surface area contributed by atoms with Gasteiger partial charge in [0.25, 0.3) is 0 Å². The van der Waals surface area contributed by atoms with Gasteiger partial charge in [0, 0.05) is 25.3 Å². The van der Waals surface area contributed by atoms with Crippen LogP contribution in [0.1, 0.15) is 50.4 Å². The molecular weight excluding hydrogens is 400 g/mol. The van der Waals surface area contributed by atoms with Crippen LogP contribution in [-0.2, 0) is 22.4 Å². The molecule has 32 heavy (non-hydrogen) atoms. The normalized spacial score (nSPS) is 25.4. The predicted molar refractivity (Wildman–Crippen MR) is 124 cm³/mol. The number of aromatic nitrogens is 2. The Morgan fingerprint density at radius 2 is 1.94 bits per heavy atom. The molecule has 0 spiro atoms. The summed E-state index contributed by atoms with van der Waals surface area (Å²) in [4.78, 5) is 36.0. The van der Waals surface area contributed by atoms with Gasteiger partial charge in [-0.15, -0.1) is 0 Å². The van der Waals surface area contributed by atoms with E-state index in [4.69, 9.17) is 0 Å². The Morgan fingerprint density at radius 1 is 1.16 bits per heavy atom. The van der Waals surface area contributed by atoms with Crippen LogP contribution in [0, 0.1) is 0 Å². The molecular formula is C26H30N4O2. The minimum Gasteiger partial charge on any atom is -0.349 e. The fourth-order valence-corrected chi connectivity index (χ4v) is 5.63. The van der Waals surface area contributed by atoms with Gasteiger partial charge in [-0.3, -0.25) is 9.59 Å². The zero-order valence-electron chi connectivity index (χ0n) is 18.5. The van der Waals surface area contributed by atoms with Gasteiger partial charge >= 0.3 is 0 Å². The van der Waals surface area contributed by atoms with E-state index in [1.165, 1.54) is 5.56 Å². The molecule has 6 heteroatoms. The van der Waals surface area contributed by atoms with Gasteiger partial charge < -0.3 is 15.2 Å². The van der Waals surface area contributed by atoms with Gasteiger partial charge in [0.1, 0.15) is 5.82 Å². The lowest BCUT2D eigenvalue weighted by molar-refractivity contribution is -0.135. The zero-order valence-corrected chi connectivity index (χ0v) is 18.5. The number of nitrogens with one attached hydrogen (secondary N) is 2. The number of hydrogen-bond donors (Lipinski definition) is 2. The van der Waals surface area contributed by atoms with Crippen molar-refractivity contribution in [1.82, 2.24) is 20.2 Å². The molecule has 2 saturated heterocycles. The second-order valence-corrected chi connectivity index (χ2v) is 9.42. The van der Waals surface area contributed by atoms with E-state index in [9.17, 15) is 9.59 Å². The molecule has 3 heterocycles. The van der Waals surface area contributed by atoms with E-state index >= 15 is 0 Å². The van der Waals surface area contributed by atoms with Crippen molar-refractivity contribution in [3.8, 4) is 0 Å². The number of para-hydroxylation sites is 2. The quantitative estimate of drug-likeness (QED) is 0.647. The number of benzene rings is 2. The Bertz CT molecular complexity index is 1090. The fourth-order valence-electron chi connectivity index (χ4n) is 5.63. The summed E-state index contributed by atoms with van der Waals surface area (Å²) in [6.07, 6.45) is 4.79. The van der Waals surface area contributed by atoms with E-state index < -0.39 is 0 Å². The van der Waals surface area contributed by atoms with Crippen molar-refractivity contribution in [2.75, 3.05) is 0 Å². The number of carbonyl (C=O) groups is 2. The highest BCUT2D eigenvalue weighted by Gasteiger charge is 2.52. The average molecular weight is 431 g/mol. The summed E-state index contributed by atoms with van der Waals surface area (Å²) < 4.78 is 0. The van der Waals surface area contributed by atoms with Crippen LogP contribution in [0.15, 0.2) is 54.6 Å². The molecule has 166 valence electrons. The lowest BCUT2D eigenvalue weighted by atomic mass is 9.88. The number of aromatic amines is 1.